The first-order valence-corrected chi connectivity index (χ1v) is 11.8. The standard InChI is InChI=1S/C23H35N5O.C2H6/c1-6-20-21(26-23(29)19-11-17(4)12-24-13-19)7-8-22(20)27(5)14-18-9-10-25-28(15-18)16(2)3;1-2/h10-13,15-16,20-22H,6-9,14H2,1-5H3,(H,26,29);1-2H3. The SMILES string of the molecule is CC.CCC1C(NC(=O)c2cncc(C)c2)CCC1N(C)CC1=CN(C(C)C)N=CC1. The molecule has 3 atom stereocenters. The highest BCUT2D eigenvalue weighted by Gasteiger charge is 2.38. The van der Waals surface area contributed by atoms with E-state index in [2.05, 4.69) is 54.3 Å². The highest BCUT2D eigenvalue weighted by molar-refractivity contribution is 5.94. The molecule has 0 radical (unpaired) electrons. The zero-order valence-electron chi connectivity index (χ0n) is 20.4. The Morgan fingerprint density at radius 2 is 2.03 bits per heavy atom. The average Bonchev–Trinajstić information content (AvgIpc) is 3.18. The van der Waals surface area contributed by atoms with Gasteiger partial charge in [0.25, 0.3) is 5.91 Å². The third-order valence-electron chi connectivity index (χ3n) is 6.14. The zero-order chi connectivity index (χ0) is 23.0. The smallest absolute Gasteiger partial charge is 0.253 e. The Bertz CT molecular complexity index is 773. The highest BCUT2D eigenvalue weighted by atomic mass is 16.1. The fourth-order valence-electron chi connectivity index (χ4n) is 4.61. The van der Waals surface area contributed by atoms with E-state index >= 15 is 0 Å². The van der Waals surface area contributed by atoms with Gasteiger partial charge >= 0.3 is 0 Å². The lowest BCUT2D eigenvalue weighted by molar-refractivity contribution is 0.0917. The molecule has 1 aliphatic heterocycles. The summed E-state index contributed by atoms with van der Waals surface area (Å²) < 4.78 is 0. The summed E-state index contributed by atoms with van der Waals surface area (Å²) in [4.78, 5) is 19.3. The van der Waals surface area contributed by atoms with Crippen molar-refractivity contribution in [3.05, 3.63) is 41.4 Å². The minimum absolute atomic E-state index is 0.00766. The number of hydrogen-bond acceptors (Lipinski definition) is 5. The Morgan fingerprint density at radius 3 is 2.68 bits per heavy atom. The fraction of sp³-hybridized carbons (Fsp3) is 0.640. The van der Waals surface area contributed by atoms with Crippen LogP contribution in [0.15, 0.2) is 35.3 Å². The van der Waals surface area contributed by atoms with Crippen LogP contribution in [-0.2, 0) is 0 Å². The molecule has 1 aromatic heterocycles. The summed E-state index contributed by atoms with van der Waals surface area (Å²) in [6.45, 7) is 13.4. The lowest BCUT2D eigenvalue weighted by Gasteiger charge is -2.33. The Balaban J connectivity index is 0.00000166. The first-order chi connectivity index (χ1) is 14.9. The first kappa shape index (κ1) is 25.1. The molecule has 1 aliphatic carbocycles. The maximum Gasteiger partial charge on any atom is 0.253 e. The van der Waals surface area contributed by atoms with Gasteiger partial charge in [-0.2, -0.15) is 5.10 Å². The van der Waals surface area contributed by atoms with Crippen molar-refractivity contribution in [3.8, 4) is 0 Å². The van der Waals surface area contributed by atoms with Gasteiger partial charge in [-0.3, -0.25) is 19.7 Å². The molecule has 1 N–H and O–H groups in total. The van der Waals surface area contributed by atoms with Crippen LogP contribution in [0.25, 0.3) is 0 Å². The van der Waals surface area contributed by atoms with Gasteiger partial charge in [-0.15, -0.1) is 0 Å². The van der Waals surface area contributed by atoms with Crippen molar-refractivity contribution >= 4 is 12.1 Å². The van der Waals surface area contributed by atoms with Gasteiger partial charge in [0.1, 0.15) is 0 Å². The van der Waals surface area contributed by atoms with Gasteiger partial charge in [-0.1, -0.05) is 20.8 Å². The van der Waals surface area contributed by atoms with Gasteiger partial charge in [0.05, 0.1) is 5.56 Å². The number of nitrogens with one attached hydrogen (secondary N) is 1. The summed E-state index contributed by atoms with van der Waals surface area (Å²) >= 11 is 0. The van der Waals surface area contributed by atoms with Gasteiger partial charge in [0.2, 0.25) is 0 Å². The molecule has 0 bridgehead atoms. The summed E-state index contributed by atoms with van der Waals surface area (Å²) in [6, 6.07) is 2.97. The van der Waals surface area contributed by atoms with E-state index in [1.807, 2.05) is 38.1 Å². The van der Waals surface area contributed by atoms with E-state index in [4.69, 9.17) is 0 Å². The van der Waals surface area contributed by atoms with E-state index in [0.717, 1.165) is 37.8 Å². The molecule has 0 spiro atoms. The minimum Gasteiger partial charge on any atom is -0.349 e. The minimum atomic E-state index is -0.00766. The van der Waals surface area contributed by atoms with Gasteiger partial charge in [-0.25, -0.2) is 0 Å². The van der Waals surface area contributed by atoms with Crippen LogP contribution in [0.2, 0.25) is 0 Å². The summed E-state index contributed by atoms with van der Waals surface area (Å²) in [5.74, 6) is 0.451. The van der Waals surface area contributed by atoms with Crippen molar-refractivity contribution in [3.63, 3.8) is 0 Å². The van der Waals surface area contributed by atoms with Crippen LogP contribution in [0.5, 0.6) is 0 Å². The fourth-order valence-corrected chi connectivity index (χ4v) is 4.61. The monoisotopic (exact) mass is 427 g/mol. The second-order valence-electron chi connectivity index (χ2n) is 8.73. The first-order valence-electron chi connectivity index (χ1n) is 11.8. The predicted molar refractivity (Wildman–Crippen MR) is 129 cm³/mol. The lowest BCUT2D eigenvalue weighted by atomic mass is 9.95. The number of likely N-dealkylation sites (N-methyl/N-ethyl adjacent to an activating group) is 1. The lowest BCUT2D eigenvalue weighted by Crippen LogP contribution is -2.44. The molecule has 2 heterocycles. The second-order valence-corrected chi connectivity index (χ2v) is 8.73. The largest absolute Gasteiger partial charge is 0.349 e. The van der Waals surface area contributed by atoms with Gasteiger partial charge < -0.3 is 5.32 Å². The number of amides is 1. The molecule has 6 heteroatoms. The van der Waals surface area contributed by atoms with Crippen LogP contribution in [0.1, 0.15) is 76.2 Å². The molecule has 0 saturated heterocycles. The number of carbonyl (C=O) groups excluding carboxylic acids is 1. The molecular weight excluding hydrogens is 386 g/mol. The Morgan fingerprint density at radius 1 is 1.29 bits per heavy atom. The number of nitrogens with zero attached hydrogens (tertiary/aromatic N) is 4. The topological polar surface area (TPSA) is 60.8 Å². The Hall–Kier alpha value is -2.21. The molecule has 1 amide bonds. The van der Waals surface area contributed by atoms with Crippen molar-refractivity contribution in [2.24, 2.45) is 11.0 Å². The molecule has 1 fully saturated rings. The number of carbonyl (C=O) groups is 1. The Kier molecular flexibility index (Phi) is 9.69. The summed E-state index contributed by atoms with van der Waals surface area (Å²) in [5, 5.41) is 9.78. The van der Waals surface area contributed by atoms with Gasteiger partial charge in [-0.05, 0) is 70.2 Å². The quantitative estimate of drug-likeness (QED) is 0.690. The number of hydrogen-bond donors (Lipinski definition) is 1. The van der Waals surface area contributed by atoms with Crippen LogP contribution in [-0.4, -0.2) is 58.7 Å². The number of rotatable bonds is 7. The van der Waals surface area contributed by atoms with Crippen LogP contribution in [0.3, 0.4) is 0 Å². The molecule has 1 saturated carbocycles. The number of pyridine rings is 1. The summed E-state index contributed by atoms with van der Waals surface area (Å²) in [5.41, 5.74) is 3.05. The number of aryl methyl sites for hydroxylation is 1. The molecule has 172 valence electrons. The maximum atomic E-state index is 12.7. The molecule has 2 aliphatic rings. The van der Waals surface area contributed by atoms with E-state index in [1.54, 1.807) is 12.4 Å². The van der Waals surface area contributed by atoms with Crippen LogP contribution in [0.4, 0.5) is 0 Å². The van der Waals surface area contributed by atoms with E-state index in [1.165, 1.54) is 5.57 Å². The van der Waals surface area contributed by atoms with Crippen molar-refractivity contribution in [2.45, 2.75) is 85.4 Å². The highest BCUT2D eigenvalue weighted by Crippen LogP contribution is 2.33. The third kappa shape index (κ3) is 6.63. The van der Waals surface area contributed by atoms with Crippen molar-refractivity contribution in [2.75, 3.05) is 13.6 Å². The van der Waals surface area contributed by atoms with E-state index in [9.17, 15) is 4.79 Å². The maximum absolute atomic E-state index is 12.7. The second kappa shape index (κ2) is 12.0. The van der Waals surface area contributed by atoms with Crippen LogP contribution < -0.4 is 5.32 Å². The van der Waals surface area contributed by atoms with Gasteiger partial charge in [0, 0.05) is 55.9 Å². The van der Waals surface area contributed by atoms with Crippen molar-refractivity contribution in [1.82, 2.24) is 20.2 Å². The van der Waals surface area contributed by atoms with Crippen LogP contribution >= 0.6 is 0 Å². The third-order valence-corrected chi connectivity index (χ3v) is 6.14. The Labute approximate surface area is 188 Å². The van der Waals surface area contributed by atoms with Gasteiger partial charge in [0.15, 0.2) is 0 Å². The normalized spacial score (nSPS) is 22.9. The summed E-state index contributed by atoms with van der Waals surface area (Å²) in [7, 11) is 2.22. The number of aromatic nitrogens is 1. The van der Waals surface area contributed by atoms with E-state index in [-0.39, 0.29) is 11.9 Å². The van der Waals surface area contributed by atoms with Crippen LogP contribution in [0, 0.1) is 12.8 Å². The molecule has 3 unspecified atom stereocenters. The average molecular weight is 428 g/mol. The van der Waals surface area contributed by atoms with Crippen molar-refractivity contribution < 1.29 is 4.79 Å². The zero-order valence-corrected chi connectivity index (χ0v) is 20.4. The summed E-state index contributed by atoms with van der Waals surface area (Å²) in [6.07, 6.45) is 11.7. The molecule has 31 heavy (non-hydrogen) atoms. The number of hydrazone groups is 1. The molecule has 0 aromatic carbocycles. The van der Waals surface area contributed by atoms with Crippen molar-refractivity contribution in [1.29, 1.82) is 0 Å². The molecule has 3 rings (SSSR count). The predicted octanol–water partition coefficient (Wildman–Crippen LogP) is 4.62. The molecule has 6 nitrogen and oxygen atoms in total. The van der Waals surface area contributed by atoms with E-state index in [0.29, 0.717) is 23.6 Å². The molecular formula is C25H41N5O. The molecule has 1 aromatic rings. The van der Waals surface area contributed by atoms with E-state index < -0.39 is 0 Å².